The van der Waals surface area contributed by atoms with Crippen LogP contribution in [0.2, 0.25) is 0 Å². The van der Waals surface area contributed by atoms with E-state index in [9.17, 15) is 27.6 Å². The lowest BCUT2D eigenvalue weighted by Crippen LogP contribution is -2.25. The molecule has 0 aliphatic carbocycles. The number of anilines is 1. The van der Waals surface area contributed by atoms with E-state index < -0.39 is 23.4 Å². The van der Waals surface area contributed by atoms with Crippen molar-refractivity contribution >= 4 is 23.3 Å². The van der Waals surface area contributed by atoms with Gasteiger partial charge in [-0.1, -0.05) is 12.1 Å². The number of alkyl halides is 3. The van der Waals surface area contributed by atoms with Gasteiger partial charge in [0.2, 0.25) is 0 Å². The third kappa shape index (κ3) is 5.11. The van der Waals surface area contributed by atoms with Crippen LogP contribution in [0, 0.1) is 13.8 Å². The number of ketones is 1. The second-order valence-corrected chi connectivity index (χ2v) is 7.23. The number of amides is 2. The van der Waals surface area contributed by atoms with Crippen LogP contribution >= 0.6 is 0 Å². The van der Waals surface area contributed by atoms with Crippen LogP contribution in [-0.4, -0.2) is 33.9 Å². The number of aromatic nitrogens is 2. The molecule has 10 heteroatoms. The average Bonchev–Trinajstić information content (AvgIpc) is 3.07. The first-order valence-corrected chi connectivity index (χ1v) is 10.0. The molecule has 0 aliphatic rings. The first-order valence-electron chi connectivity index (χ1n) is 10.0. The molecule has 3 rings (SSSR count). The van der Waals surface area contributed by atoms with Crippen LogP contribution in [0.3, 0.4) is 0 Å². The number of aryl methyl sites for hydroxylation is 1. The van der Waals surface area contributed by atoms with Crippen molar-refractivity contribution in [1.82, 2.24) is 15.1 Å². The number of carbonyl (C=O) groups excluding carboxylic acids is 3. The molecular formula is C23H21F3N4O3. The van der Waals surface area contributed by atoms with E-state index in [1.165, 1.54) is 42.8 Å². The summed E-state index contributed by atoms with van der Waals surface area (Å²) in [5.41, 5.74) is 0.225. The molecule has 3 aromatic rings. The van der Waals surface area contributed by atoms with Gasteiger partial charge in [0.05, 0.1) is 28.2 Å². The zero-order chi connectivity index (χ0) is 24.3. The molecule has 0 bridgehead atoms. The number of Topliss-reactive ketones (excluding diaryl/α,β-unsaturated/α-hetero) is 1. The molecule has 0 spiro atoms. The summed E-state index contributed by atoms with van der Waals surface area (Å²) in [6.07, 6.45) is -4.53. The highest BCUT2D eigenvalue weighted by atomic mass is 19.4. The lowest BCUT2D eigenvalue weighted by molar-refractivity contribution is -0.137. The summed E-state index contributed by atoms with van der Waals surface area (Å²) in [5, 5.41) is 9.26. The molecule has 1 heterocycles. The Hall–Kier alpha value is -3.95. The minimum absolute atomic E-state index is 0.00945. The lowest BCUT2D eigenvalue weighted by Gasteiger charge is -2.10. The predicted octanol–water partition coefficient (Wildman–Crippen LogP) is 4.08. The monoisotopic (exact) mass is 458 g/mol. The van der Waals surface area contributed by atoms with Gasteiger partial charge in [-0.25, -0.2) is 4.68 Å². The second kappa shape index (κ2) is 9.27. The van der Waals surface area contributed by atoms with Crippen molar-refractivity contribution in [1.29, 1.82) is 0 Å². The predicted molar refractivity (Wildman–Crippen MR) is 115 cm³/mol. The fourth-order valence-electron chi connectivity index (χ4n) is 3.34. The van der Waals surface area contributed by atoms with Crippen molar-refractivity contribution in [2.75, 3.05) is 11.9 Å². The molecule has 0 saturated carbocycles. The van der Waals surface area contributed by atoms with Crippen molar-refractivity contribution < 1.29 is 27.6 Å². The van der Waals surface area contributed by atoms with Gasteiger partial charge in [0.15, 0.2) is 0 Å². The number of hydrogen-bond acceptors (Lipinski definition) is 4. The van der Waals surface area contributed by atoms with Crippen molar-refractivity contribution in [2.24, 2.45) is 0 Å². The van der Waals surface area contributed by atoms with E-state index in [1.807, 2.05) is 0 Å². The molecular weight excluding hydrogens is 437 g/mol. The van der Waals surface area contributed by atoms with Crippen LogP contribution in [-0.2, 0) is 11.0 Å². The zero-order valence-electron chi connectivity index (χ0n) is 18.1. The Morgan fingerprint density at radius 2 is 1.73 bits per heavy atom. The van der Waals surface area contributed by atoms with Crippen molar-refractivity contribution in [3.8, 4) is 5.69 Å². The maximum atomic E-state index is 13.1. The lowest BCUT2D eigenvalue weighted by atomic mass is 10.1. The summed E-state index contributed by atoms with van der Waals surface area (Å²) in [6, 6.07) is 10.6. The van der Waals surface area contributed by atoms with Crippen molar-refractivity contribution in [2.45, 2.75) is 26.9 Å². The molecule has 2 amide bonds. The quantitative estimate of drug-likeness (QED) is 0.430. The Morgan fingerprint density at radius 3 is 2.39 bits per heavy atom. The highest BCUT2D eigenvalue weighted by Gasteiger charge is 2.31. The number of hydrogen-bond donors (Lipinski definition) is 2. The first-order chi connectivity index (χ1) is 15.5. The molecule has 0 saturated heterocycles. The van der Waals surface area contributed by atoms with Crippen LogP contribution in [0.15, 0.2) is 48.5 Å². The van der Waals surface area contributed by atoms with Gasteiger partial charge in [0.1, 0.15) is 0 Å². The van der Waals surface area contributed by atoms with Crippen LogP contribution in [0.5, 0.6) is 0 Å². The van der Waals surface area contributed by atoms with E-state index in [0.717, 1.165) is 12.1 Å². The number of benzene rings is 2. The SMILES string of the molecule is CCNC(=O)c1cccc(NC(=O)C(=O)c2c(C)nn(-c3cccc(C(F)(F)F)c3)c2C)c1. The number of nitrogens with zero attached hydrogens (tertiary/aromatic N) is 2. The smallest absolute Gasteiger partial charge is 0.352 e. The molecule has 2 N–H and O–H groups in total. The van der Waals surface area contributed by atoms with Crippen LogP contribution < -0.4 is 10.6 Å². The standard InChI is InChI=1S/C23H21F3N4O3/c1-4-27-21(32)15-7-5-9-17(11-15)28-22(33)20(31)19-13(2)29-30(14(19)3)18-10-6-8-16(12-18)23(24,25)26/h5-12H,4H2,1-3H3,(H,27,32)(H,28,33). The van der Waals surface area contributed by atoms with Crippen LogP contribution in [0.1, 0.15) is 44.6 Å². The third-order valence-corrected chi connectivity index (χ3v) is 4.86. The third-order valence-electron chi connectivity index (χ3n) is 4.86. The van der Waals surface area contributed by atoms with E-state index in [-0.39, 0.29) is 34.2 Å². The largest absolute Gasteiger partial charge is 0.416 e. The van der Waals surface area contributed by atoms with Gasteiger partial charge in [-0.3, -0.25) is 14.4 Å². The molecule has 0 aliphatic heterocycles. The van der Waals surface area contributed by atoms with E-state index in [0.29, 0.717) is 12.1 Å². The number of rotatable bonds is 6. The minimum atomic E-state index is -4.53. The maximum absolute atomic E-state index is 13.1. The molecule has 0 fully saturated rings. The Balaban J connectivity index is 1.87. The fraction of sp³-hybridized carbons (Fsp3) is 0.217. The maximum Gasteiger partial charge on any atom is 0.416 e. The summed E-state index contributed by atoms with van der Waals surface area (Å²) in [6.45, 7) is 5.19. The topological polar surface area (TPSA) is 93.1 Å². The molecule has 33 heavy (non-hydrogen) atoms. The van der Waals surface area contributed by atoms with Gasteiger partial charge in [0.25, 0.3) is 17.6 Å². The summed E-state index contributed by atoms with van der Waals surface area (Å²) >= 11 is 0. The van der Waals surface area contributed by atoms with E-state index in [4.69, 9.17) is 0 Å². The Labute approximate surface area is 187 Å². The molecule has 0 atom stereocenters. The summed E-state index contributed by atoms with van der Waals surface area (Å²) in [7, 11) is 0. The van der Waals surface area contributed by atoms with E-state index >= 15 is 0 Å². The molecule has 2 aromatic carbocycles. The van der Waals surface area contributed by atoms with Gasteiger partial charge >= 0.3 is 6.18 Å². The first kappa shape index (κ1) is 23.7. The minimum Gasteiger partial charge on any atom is -0.352 e. The zero-order valence-corrected chi connectivity index (χ0v) is 18.1. The molecule has 0 radical (unpaired) electrons. The summed E-state index contributed by atoms with van der Waals surface area (Å²) in [4.78, 5) is 37.4. The van der Waals surface area contributed by atoms with Gasteiger partial charge in [0, 0.05) is 17.8 Å². The molecule has 7 nitrogen and oxygen atoms in total. The normalized spacial score (nSPS) is 11.2. The Bertz CT molecular complexity index is 1230. The van der Waals surface area contributed by atoms with E-state index in [1.54, 1.807) is 19.1 Å². The van der Waals surface area contributed by atoms with Crippen LogP contribution in [0.4, 0.5) is 18.9 Å². The van der Waals surface area contributed by atoms with E-state index in [2.05, 4.69) is 15.7 Å². The van der Waals surface area contributed by atoms with Crippen molar-refractivity contribution in [3.63, 3.8) is 0 Å². The average molecular weight is 458 g/mol. The summed E-state index contributed by atoms with van der Waals surface area (Å²) < 4.78 is 40.4. The van der Waals surface area contributed by atoms with Crippen molar-refractivity contribution in [3.05, 3.63) is 76.6 Å². The fourth-order valence-corrected chi connectivity index (χ4v) is 3.34. The molecule has 0 unspecified atom stereocenters. The molecule has 1 aromatic heterocycles. The molecule has 172 valence electrons. The number of carbonyl (C=O) groups is 3. The van der Waals surface area contributed by atoms with Gasteiger partial charge < -0.3 is 10.6 Å². The number of halogens is 3. The van der Waals surface area contributed by atoms with Gasteiger partial charge in [-0.15, -0.1) is 0 Å². The highest BCUT2D eigenvalue weighted by molar-refractivity contribution is 6.47. The Kier molecular flexibility index (Phi) is 6.66. The highest BCUT2D eigenvalue weighted by Crippen LogP contribution is 2.31. The number of nitrogens with one attached hydrogen (secondary N) is 2. The van der Waals surface area contributed by atoms with Crippen LogP contribution in [0.25, 0.3) is 5.69 Å². The summed E-state index contributed by atoms with van der Waals surface area (Å²) in [5.74, 6) is -2.18. The Morgan fingerprint density at radius 1 is 1.03 bits per heavy atom. The van der Waals surface area contributed by atoms with Gasteiger partial charge in [-0.05, 0) is 57.2 Å². The van der Waals surface area contributed by atoms with Gasteiger partial charge in [-0.2, -0.15) is 18.3 Å². The second-order valence-electron chi connectivity index (χ2n) is 7.23.